The maximum absolute atomic E-state index is 11.8. The van der Waals surface area contributed by atoms with Crippen LogP contribution in [-0.4, -0.2) is 61.0 Å². The van der Waals surface area contributed by atoms with Crippen molar-refractivity contribution in [3.05, 3.63) is 0 Å². The summed E-state index contributed by atoms with van der Waals surface area (Å²) in [5, 5.41) is 0. The molecule has 2 rings (SSSR count). The number of nitrogens with zero attached hydrogens (tertiary/aromatic N) is 2. The van der Waals surface area contributed by atoms with Crippen molar-refractivity contribution in [1.29, 1.82) is 0 Å². The molecule has 5 nitrogen and oxygen atoms in total. The molecule has 1 heterocycles. The topological polar surface area (TPSA) is 49.9 Å². The van der Waals surface area contributed by atoms with E-state index < -0.39 is 0 Å². The van der Waals surface area contributed by atoms with E-state index in [-0.39, 0.29) is 17.9 Å². The van der Waals surface area contributed by atoms with Crippen molar-refractivity contribution in [2.24, 2.45) is 5.92 Å². The minimum absolute atomic E-state index is 0.0888. The largest absolute Gasteiger partial charge is 0.468 e. The number of piperazine rings is 1. The third-order valence-electron chi connectivity index (χ3n) is 3.66. The maximum atomic E-state index is 11.8. The maximum Gasteiger partial charge on any atom is 0.323 e. The number of amides is 1. The van der Waals surface area contributed by atoms with Gasteiger partial charge in [-0.25, -0.2) is 0 Å². The van der Waals surface area contributed by atoms with E-state index >= 15 is 0 Å². The van der Waals surface area contributed by atoms with Crippen LogP contribution >= 0.6 is 0 Å². The number of carbonyl (C=O) groups excluding carboxylic acids is 2. The van der Waals surface area contributed by atoms with Gasteiger partial charge in [0.25, 0.3) is 0 Å². The Morgan fingerprint density at radius 2 is 1.76 bits per heavy atom. The molecule has 5 heteroatoms. The van der Waals surface area contributed by atoms with Gasteiger partial charge in [0, 0.05) is 33.1 Å². The number of rotatable bonds is 3. The second-order valence-electron chi connectivity index (χ2n) is 4.85. The fraction of sp³-hybridized carbons (Fsp3) is 0.833. The van der Waals surface area contributed by atoms with Crippen molar-refractivity contribution in [2.45, 2.75) is 25.8 Å². The van der Waals surface area contributed by atoms with Crippen LogP contribution in [0.15, 0.2) is 0 Å². The zero-order valence-electron chi connectivity index (χ0n) is 10.5. The van der Waals surface area contributed by atoms with Crippen molar-refractivity contribution in [3.63, 3.8) is 0 Å². The van der Waals surface area contributed by atoms with Crippen LogP contribution in [0.2, 0.25) is 0 Å². The highest BCUT2D eigenvalue weighted by molar-refractivity contribution is 5.77. The van der Waals surface area contributed by atoms with Gasteiger partial charge in [-0.1, -0.05) is 0 Å². The Labute approximate surface area is 102 Å². The summed E-state index contributed by atoms with van der Waals surface area (Å²) in [5.41, 5.74) is 0. The molecule has 0 N–H and O–H groups in total. The molecule has 0 aromatic rings. The summed E-state index contributed by atoms with van der Waals surface area (Å²) in [6.07, 6.45) is 2.24. The lowest BCUT2D eigenvalue weighted by molar-refractivity contribution is -0.149. The highest BCUT2D eigenvalue weighted by Crippen LogP contribution is 2.36. The first-order valence-corrected chi connectivity index (χ1v) is 6.21. The first kappa shape index (κ1) is 12.4. The van der Waals surface area contributed by atoms with Crippen LogP contribution in [0.4, 0.5) is 0 Å². The van der Waals surface area contributed by atoms with Gasteiger partial charge in [-0.05, 0) is 18.8 Å². The molecule has 1 aliphatic heterocycles. The summed E-state index contributed by atoms with van der Waals surface area (Å²) in [5.74, 6) is 0.459. The van der Waals surface area contributed by atoms with E-state index in [1.807, 2.05) is 4.90 Å². The summed E-state index contributed by atoms with van der Waals surface area (Å²) in [6.45, 7) is 4.57. The molecule has 1 amide bonds. The van der Waals surface area contributed by atoms with E-state index in [1.165, 1.54) is 7.11 Å². The quantitative estimate of drug-likeness (QED) is 0.657. The molecule has 0 bridgehead atoms. The fourth-order valence-electron chi connectivity index (χ4n) is 2.49. The number of hydrogen-bond acceptors (Lipinski definition) is 4. The van der Waals surface area contributed by atoms with E-state index in [2.05, 4.69) is 4.90 Å². The molecule has 2 aliphatic rings. The summed E-state index contributed by atoms with van der Waals surface area (Å²) >= 11 is 0. The molecule has 0 aromatic heterocycles. The normalized spacial score (nSPS) is 23.3. The van der Waals surface area contributed by atoms with Crippen molar-refractivity contribution < 1.29 is 14.3 Å². The van der Waals surface area contributed by atoms with Crippen molar-refractivity contribution in [2.75, 3.05) is 33.3 Å². The molecular formula is C12H20N2O3. The van der Waals surface area contributed by atoms with Crippen LogP contribution in [-0.2, 0) is 14.3 Å². The van der Waals surface area contributed by atoms with Gasteiger partial charge in [0.1, 0.15) is 6.04 Å². The minimum atomic E-state index is -0.122. The van der Waals surface area contributed by atoms with E-state index in [1.54, 1.807) is 6.92 Å². The standard InChI is InChI=1S/C12H20N2O3/c1-9(15)13-5-7-14(8-6-13)11(10-3-4-10)12(16)17-2/h10-11H,3-8H2,1-2H3. The monoisotopic (exact) mass is 240 g/mol. The molecule has 0 aromatic carbocycles. The highest BCUT2D eigenvalue weighted by atomic mass is 16.5. The van der Waals surface area contributed by atoms with Crippen molar-refractivity contribution >= 4 is 11.9 Å². The van der Waals surface area contributed by atoms with Crippen LogP contribution in [0.5, 0.6) is 0 Å². The Morgan fingerprint density at radius 1 is 1.18 bits per heavy atom. The lowest BCUT2D eigenvalue weighted by atomic mass is 10.1. The van der Waals surface area contributed by atoms with Gasteiger partial charge in [0.2, 0.25) is 5.91 Å². The zero-order chi connectivity index (χ0) is 12.4. The summed E-state index contributed by atoms with van der Waals surface area (Å²) in [4.78, 5) is 27.0. The summed E-state index contributed by atoms with van der Waals surface area (Å²) < 4.78 is 4.88. The number of hydrogen-bond donors (Lipinski definition) is 0. The summed E-state index contributed by atoms with van der Waals surface area (Å²) in [6, 6.07) is -0.0888. The molecule has 0 spiro atoms. The lowest BCUT2D eigenvalue weighted by Gasteiger charge is -2.37. The first-order valence-electron chi connectivity index (χ1n) is 6.21. The molecule has 0 radical (unpaired) electrons. The van der Waals surface area contributed by atoms with Gasteiger partial charge in [-0.3, -0.25) is 14.5 Å². The van der Waals surface area contributed by atoms with Gasteiger partial charge in [0.05, 0.1) is 7.11 Å². The molecule has 1 saturated carbocycles. The SMILES string of the molecule is COC(=O)C(C1CC1)N1CCN(C(C)=O)CC1. The van der Waals surface area contributed by atoms with E-state index in [4.69, 9.17) is 4.74 Å². The van der Waals surface area contributed by atoms with E-state index in [9.17, 15) is 9.59 Å². The Hall–Kier alpha value is -1.10. The molecule has 1 aliphatic carbocycles. The lowest BCUT2D eigenvalue weighted by Crippen LogP contribution is -2.54. The second kappa shape index (κ2) is 5.04. The van der Waals surface area contributed by atoms with E-state index in [0.29, 0.717) is 5.92 Å². The molecular weight excluding hydrogens is 220 g/mol. The van der Waals surface area contributed by atoms with Crippen molar-refractivity contribution in [3.8, 4) is 0 Å². The second-order valence-corrected chi connectivity index (χ2v) is 4.85. The molecule has 17 heavy (non-hydrogen) atoms. The Balaban J connectivity index is 1.93. The summed E-state index contributed by atoms with van der Waals surface area (Å²) in [7, 11) is 1.45. The van der Waals surface area contributed by atoms with E-state index in [0.717, 1.165) is 39.0 Å². The fourth-order valence-corrected chi connectivity index (χ4v) is 2.49. The van der Waals surface area contributed by atoms with Gasteiger partial charge >= 0.3 is 5.97 Å². The average molecular weight is 240 g/mol. The Kier molecular flexibility index (Phi) is 3.66. The van der Waals surface area contributed by atoms with Gasteiger partial charge in [0.15, 0.2) is 0 Å². The van der Waals surface area contributed by atoms with Crippen molar-refractivity contribution in [1.82, 2.24) is 9.80 Å². The molecule has 96 valence electrons. The Bertz CT molecular complexity index is 307. The van der Waals surface area contributed by atoms with Crippen LogP contribution in [0, 0.1) is 5.92 Å². The first-order chi connectivity index (χ1) is 8.13. The predicted octanol–water partition coefficient (Wildman–Crippen LogP) is 0.102. The number of esters is 1. The smallest absolute Gasteiger partial charge is 0.323 e. The van der Waals surface area contributed by atoms with Crippen LogP contribution in [0.3, 0.4) is 0 Å². The van der Waals surface area contributed by atoms with Crippen LogP contribution < -0.4 is 0 Å². The number of methoxy groups -OCH3 is 1. The highest BCUT2D eigenvalue weighted by Gasteiger charge is 2.41. The molecule has 1 atom stereocenters. The van der Waals surface area contributed by atoms with Crippen LogP contribution in [0.1, 0.15) is 19.8 Å². The average Bonchev–Trinajstić information content (AvgIpc) is 3.14. The number of carbonyl (C=O) groups is 2. The zero-order valence-corrected chi connectivity index (χ0v) is 10.5. The molecule has 2 fully saturated rings. The molecule has 1 unspecified atom stereocenters. The van der Waals surface area contributed by atoms with Gasteiger partial charge < -0.3 is 9.64 Å². The Morgan fingerprint density at radius 3 is 2.18 bits per heavy atom. The predicted molar refractivity (Wildman–Crippen MR) is 62.4 cm³/mol. The molecule has 1 saturated heterocycles. The van der Waals surface area contributed by atoms with Crippen LogP contribution in [0.25, 0.3) is 0 Å². The minimum Gasteiger partial charge on any atom is -0.468 e. The van der Waals surface area contributed by atoms with Gasteiger partial charge in [-0.2, -0.15) is 0 Å². The number of ether oxygens (including phenoxy) is 1. The third-order valence-corrected chi connectivity index (χ3v) is 3.66. The third kappa shape index (κ3) is 2.77. The van der Waals surface area contributed by atoms with Gasteiger partial charge in [-0.15, -0.1) is 0 Å².